The highest BCUT2D eigenvalue weighted by Gasteiger charge is 2.27. The predicted molar refractivity (Wildman–Crippen MR) is 187 cm³/mol. The summed E-state index contributed by atoms with van der Waals surface area (Å²) >= 11 is 6.54. The Bertz CT molecular complexity index is 1640. The molecule has 0 unspecified atom stereocenters. The van der Waals surface area contributed by atoms with Gasteiger partial charge in [0.1, 0.15) is 22.9 Å². The van der Waals surface area contributed by atoms with Crippen LogP contribution in [-0.4, -0.2) is 43.1 Å². The van der Waals surface area contributed by atoms with E-state index in [2.05, 4.69) is 65.1 Å². The maximum absolute atomic E-state index is 13.5. The van der Waals surface area contributed by atoms with Crippen LogP contribution in [0, 0.1) is 0 Å². The Labute approximate surface area is 279 Å². The Kier molecular flexibility index (Phi) is 11.4. The number of aromatic nitrogens is 2. The number of carbonyl (C=O) groups excluding carboxylic acids is 1. The molecule has 1 amide bonds. The molecule has 1 aromatic heterocycles. The Morgan fingerprint density at radius 1 is 0.870 bits per heavy atom. The zero-order chi connectivity index (χ0) is 33.5. The molecule has 246 valence electrons. The molecule has 1 N–H and O–H groups in total. The molecule has 0 aliphatic heterocycles. The van der Waals surface area contributed by atoms with Crippen LogP contribution in [0.1, 0.15) is 88.8 Å². The molecule has 4 rings (SSSR count). The van der Waals surface area contributed by atoms with Crippen LogP contribution in [0.3, 0.4) is 0 Å². The van der Waals surface area contributed by atoms with Gasteiger partial charge in [-0.05, 0) is 78.5 Å². The van der Waals surface area contributed by atoms with E-state index in [1.54, 1.807) is 37.1 Å². The minimum Gasteiger partial charge on any atom is -0.497 e. The highest BCUT2D eigenvalue weighted by molar-refractivity contribution is 6.32. The minimum atomic E-state index is -0.242. The SMILES string of the molecule is CCC(C)(C)c1ccc(OCCCCNC(=O)c2cc(-c3ccc(OC)cc3OC)nn2-c2ccccc2Cl)c(C(C)(C)CC)c1. The fraction of sp³-hybridized carbons (Fsp3) is 0.421. The number of amides is 1. The Balaban J connectivity index is 1.45. The maximum Gasteiger partial charge on any atom is 0.270 e. The molecule has 0 bridgehead atoms. The van der Waals surface area contributed by atoms with Gasteiger partial charge in [-0.3, -0.25) is 4.79 Å². The van der Waals surface area contributed by atoms with Gasteiger partial charge in [0.05, 0.1) is 37.2 Å². The van der Waals surface area contributed by atoms with Crippen LogP contribution in [0.2, 0.25) is 5.02 Å². The lowest BCUT2D eigenvalue weighted by Crippen LogP contribution is -2.27. The first-order valence-corrected chi connectivity index (χ1v) is 16.5. The first-order chi connectivity index (χ1) is 21.9. The number of carbonyl (C=O) groups is 1. The number of halogens is 1. The molecule has 46 heavy (non-hydrogen) atoms. The van der Waals surface area contributed by atoms with Crippen LogP contribution < -0.4 is 19.5 Å². The summed E-state index contributed by atoms with van der Waals surface area (Å²) in [6, 6.07) is 21.2. The molecular weight excluding hydrogens is 598 g/mol. The summed E-state index contributed by atoms with van der Waals surface area (Å²) in [6.07, 6.45) is 3.65. The third-order valence-corrected chi connectivity index (χ3v) is 9.40. The number of rotatable bonds is 15. The molecule has 7 nitrogen and oxygen atoms in total. The van der Waals surface area contributed by atoms with Crippen molar-refractivity contribution in [3.05, 3.63) is 88.6 Å². The van der Waals surface area contributed by atoms with E-state index in [4.69, 9.17) is 30.9 Å². The summed E-state index contributed by atoms with van der Waals surface area (Å²) in [5, 5.41) is 8.33. The number of benzene rings is 3. The number of nitrogens with one attached hydrogen (secondary N) is 1. The Morgan fingerprint density at radius 3 is 2.28 bits per heavy atom. The quantitative estimate of drug-likeness (QED) is 0.131. The van der Waals surface area contributed by atoms with Crippen molar-refractivity contribution >= 4 is 17.5 Å². The molecule has 0 atom stereocenters. The highest BCUT2D eigenvalue weighted by atomic mass is 35.5. The van der Waals surface area contributed by atoms with E-state index >= 15 is 0 Å². The van der Waals surface area contributed by atoms with Crippen molar-refractivity contribution in [3.8, 4) is 34.2 Å². The highest BCUT2D eigenvalue weighted by Crippen LogP contribution is 2.39. The van der Waals surface area contributed by atoms with Crippen LogP contribution in [0.15, 0.2) is 66.7 Å². The van der Waals surface area contributed by atoms with Gasteiger partial charge < -0.3 is 19.5 Å². The van der Waals surface area contributed by atoms with Crippen molar-refractivity contribution in [1.29, 1.82) is 0 Å². The molecule has 0 aliphatic rings. The monoisotopic (exact) mass is 645 g/mol. The van der Waals surface area contributed by atoms with Crippen molar-refractivity contribution in [2.24, 2.45) is 0 Å². The van der Waals surface area contributed by atoms with Gasteiger partial charge in [0.25, 0.3) is 5.91 Å². The number of unbranched alkanes of at least 4 members (excludes halogenated alkanes) is 1. The average Bonchev–Trinajstić information content (AvgIpc) is 3.51. The van der Waals surface area contributed by atoms with Gasteiger partial charge >= 0.3 is 0 Å². The second-order valence-electron chi connectivity index (χ2n) is 12.8. The van der Waals surface area contributed by atoms with Crippen LogP contribution >= 0.6 is 11.6 Å². The smallest absolute Gasteiger partial charge is 0.270 e. The van der Waals surface area contributed by atoms with E-state index in [0.29, 0.717) is 46.7 Å². The molecule has 8 heteroatoms. The predicted octanol–water partition coefficient (Wildman–Crippen LogP) is 9.17. The first kappa shape index (κ1) is 34.9. The lowest BCUT2D eigenvalue weighted by Gasteiger charge is -2.30. The zero-order valence-corrected chi connectivity index (χ0v) is 29.3. The van der Waals surface area contributed by atoms with Gasteiger partial charge in [0, 0.05) is 23.7 Å². The third kappa shape index (κ3) is 7.87. The van der Waals surface area contributed by atoms with Gasteiger partial charge in [0.15, 0.2) is 0 Å². The first-order valence-electron chi connectivity index (χ1n) is 16.1. The van der Waals surface area contributed by atoms with E-state index in [0.717, 1.165) is 37.0 Å². The van der Waals surface area contributed by atoms with Crippen LogP contribution in [-0.2, 0) is 10.8 Å². The van der Waals surface area contributed by atoms with E-state index in [9.17, 15) is 4.79 Å². The number of methoxy groups -OCH3 is 2. The van der Waals surface area contributed by atoms with E-state index in [1.165, 1.54) is 11.1 Å². The molecule has 0 saturated heterocycles. The summed E-state index contributed by atoms with van der Waals surface area (Å²) in [5.74, 6) is 1.95. The second-order valence-corrected chi connectivity index (χ2v) is 13.2. The number of nitrogens with zero attached hydrogens (tertiary/aromatic N) is 2. The van der Waals surface area contributed by atoms with Crippen LogP contribution in [0.5, 0.6) is 17.2 Å². The van der Waals surface area contributed by atoms with Gasteiger partial charge in [0.2, 0.25) is 0 Å². The minimum absolute atomic E-state index is 0.00241. The number of hydrogen-bond donors (Lipinski definition) is 1. The third-order valence-electron chi connectivity index (χ3n) is 9.08. The normalized spacial score (nSPS) is 11.8. The van der Waals surface area contributed by atoms with Crippen LogP contribution in [0.4, 0.5) is 0 Å². The van der Waals surface area contributed by atoms with Gasteiger partial charge in [-0.1, -0.05) is 77.4 Å². The van der Waals surface area contributed by atoms with Crippen molar-refractivity contribution in [2.45, 2.75) is 78.1 Å². The van der Waals surface area contributed by atoms with Gasteiger partial charge in [-0.25, -0.2) is 4.68 Å². The molecule has 0 fully saturated rings. The second kappa shape index (κ2) is 15.1. The molecule has 0 spiro atoms. The van der Waals surface area contributed by atoms with Crippen molar-refractivity contribution in [3.63, 3.8) is 0 Å². The standard InChI is InChI=1S/C38H48ClN3O4/c1-9-37(3,4)26-17-20-34(29(23-26)38(5,6)10-2)46-22-14-13-21-40-36(43)33-25-31(28-19-18-27(44-7)24-35(28)45-8)41-42(33)32-16-12-11-15-30(32)39/h11-12,15-20,23-25H,9-10,13-14,21-22H2,1-8H3,(H,40,43). The largest absolute Gasteiger partial charge is 0.497 e. The molecular formula is C38H48ClN3O4. The average molecular weight is 646 g/mol. The van der Waals surface area contributed by atoms with Crippen molar-refractivity contribution in [2.75, 3.05) is 27.4 Å². The Morgan fingerprint density at radius 2 is 1.61 bits per heavy atom. The number of ether oxygens (including phenoxy) is 3. The fourth-order valence-electron chi connectivity index (χ4n) is 5.19. The summed E-state index contributed by atoms with van der Waals surface area (Å²) in [5.41, 5.74) is 5.00. The summed E-state index contributed by atoms with van der Waals surface area (Å²) in [7, 11) is 3.19. The van der Waals surface area contributed by atoms with E-state index in [-0.39, 0.29) is 16.7 Å². The molecule has 0 saturated carbocycles. The summed E-state index contributed by atoms with van der Waals surface area (Å²) in [6.45, 7) is 14.6. The van der Waals surface area contributed by atoms with Crippen LogP contribution in [0.25, 0.3) is 16.9 Å². The molecule has 1 heterocycles. The number of hydrogen-bond acceptors (Lipinski definition) is 5. The van der Waals surface area contributed by atoms with Gasteiger partial charge in [-0.2, -0.15) is 5.10 Å². The molecule has 4 aromatic rings. The molecule has 0 aliphatic carbocycles. The zero-order valence-electron chi connectivity index (χ0n) is 28.5. The summed E-state index contributed by atoms with van der Waals surface area (Å²) < 4.78 is 18.9. The maximum atomic E-state index is 13.5. The van der Waals surface area contributed by atoms with E-state index < -0.39 is 0 Å². The fourth-order valence-corrected chi connectivity index (χ4v) is 5.41. The Hall–Kier alpha value is -3.97. The lowest BCUT2D eigenvalue weighted by molar-refractivity contribution is 0.0944. The van der Waals surface area contributed by atoms with E-state index in [1.807, 2.05) is 30.3 Å². The molecule has 0 radical (unpaired) electrons. The molecule has 3 aromatic carbocycles. The summed E-state index contributed by atoms with van der Waals surface area (Å²) in [4.78, 5) is 13.5. The topological polar surface area (TPSA) is 74.6 Å². The van der Waals surface area contributed by atoms with Crippen molar-refractivity contribution in [1.82, 2.24) is 15.1 Å². The van der Waals surface area contributed by atoms with Gasteiger partial charge in [-0.15, -0.1) is 0 Å². The van der Waals surface area contributed by atoms with Crippen molar-refractivity contribution < 1.29 is 19.0 Å². The number of para-hydroxylation sites is 1. The lowest BCUT2D eigenvalue weighted by atomic mass is 9.76.